The third-order valence-electron chi connectivity index (χ3n) is 16.0. The van der Waals surface area contributed by atoms with E-state index in [4.69, 9.17) is 14.7 Å². The molecule has 4 aromatic heterocycles. The number of carbonyl (C=O) groups excluding carboxylic acids is 2. The van der Waals surface area contributed by atoms with E-state index in [1.807, 2.05) is 29.1 Å². The molecular formula is C65H100N4O3S4. The van der Waals surface area contributed by atoms with Crippen LogP contribution in [0.15, 0.2) is 53.5 Å². The van der Waals surface area contributed by atoms with Crippen molar-refractivity contribution in [2.75, 3.05) is 19.7 Å². The molecule has 0 saturated carbocycles. The fraction of sp³-hybridized carbons (Fsp3) is 0.692. The molecule has 0 radical (unpaired) electrons. The van der Waals surface area contributed by atoms with Crippen LogP contribution in [0, 0.1) is 12.8 Å². The number of carbonyl (C=O) groups is 2. The smallest absolute Gasteiger partial charge is 0.261 e. The predicted molar refractivity (Wildman–Crippen MR) is 331 cm³/mol. The van der Waals surface area contributed by atoms with E-state index in [1.54, 1.807) is 45.3 Å². The lowest BCUT2D eigenvalue weighted by atomic mass is 9.96. The predicted octanol–water partition coefficient (Wildman–Crippen LogP) is 21.0. The number of thiophene rings is 2. The molecule has 2 aliphatic heterocycles. The maximum Gasteiger partial charge on any atom is 0.261 e. The summed E-state index contributed by atoms with van der Waals surface area (Å²) in [5.74, 6) is 0.679. The van der Waals surface area contributed by atoms with Crippen LogP contribution < -0.4 is 0 Å². The average Bonchev–Trinajstić information content (AvgIpc) is 4.34. The Balaban J connectivity index is 1.09. The first kappa shape index (κ1) is 62.2. The monoisotopic (exact) mass is 1110 g/mol. The van der Waals surface area contributed by atoms with Gasteiger partial charge in [0.2, 0.25) is 0 Å². The van der Waals surface area contributed by atoms with Crippen molar-refractivity contribution in [2.45, 2.75) is 266 Å². The van der Waals surface area contributed by atoms with Gasteiger partial charge < -0.3 is 14.5 Å². The summed E-state index contributed by atoms with van der Waals surface area (Å²) in [5, 5.41) is 1.84. The molecule has 0 fully saturated rings. The van der Waals surface area contributed by atoms with Crippen LogP contribution in [0.4, 0.5) is 0 Å². The number of nitrogens with zero attached hydrogens (tertiary/aromatic N) is 4. The molecule has 4 aromatic rings. The standard InChI is InChI=1S/C65H100N4O3S4/c1-7-10-13-16-19-22-23-26-29-36-47-72-53(39-31-28-25-21-18-15-12-9-3)40-33-35-46-69-61(56-44-43-55(74-56)58-49-67-63(76-58)62-66-48-57(75-62)54-42-41-51(5)73-54)60-59(64(69)70)52(6)68(65(60)71)45-34-32-38-50(4)37-30-27-24-20-17-14-11-8-2/h41-44,48-50,53H,7-40,45-47H2,1-6H3. The second-order valence-electron chi connectivity index (χ2n) is 22.5. The van der Waals surface area contributed by atoms with Crippen molar-refractivity contribution < 1.29 is 14.3 Å². The van der Waals surface area contributed by atoms with Crippen LogP contribution in [-0.4, -0.2) is 57.4 Å². The fourth-order valence-corrected chi connectivity index (χ4v) is 15.2. The van der Waals surface area contributed by atoms with Gasteiger partial charge in [-0.15, -0.1) is 45.3 Å². The van der Waals surface area contributed by atoms with Gasteiger partial charge in [0.15, 0.2) is 10.0 Å². The first-order chi connectivity index (χ1) is 37.2. The van der Waals surface area contributed by atoms with Crippen molar-refractivity contribution in [3.8, 4) is 29.5 Å². The number of amides is 2. The van der Waals surface area contributed by atoms with Crippen LogP contribution in [0.2, 0.25) is 0 Å². The lowest BCUT2D eigenvalue weighted by molar-refractivity contribution is -0.124. The zero-order valence-corrected chi connectivity index (χ0v) is 51.7. The zero-order valence-electron chi connectivity index (χ0n) is 48.4. The highest BCUT2D eigenvalue weighted by molar-refractivity contribution is 7.28. The summed E-state index contributed by atoms with van der Waals surface area (Å²) in [6, 6.07) is 8.61. The first-order valence-corrected chi connectivity index (χ1v) is 34.3. The van der Waals surface area contributed by atoms with E-state index in [9.17, 15) is 9.59 Å². The lowest BCUT2D eigenvalue weighted by Crippen LogP contribution is -2.30. The molecule has 2 aliphatic rings. The van der Waals surface area contributed by atoms with E-state index in [-0.39, 0.29) is 17.9 Å². The van der Waals surface area contributed by atoms with Crippen LogP contribution >= 0.6 is 45.3 Å². The van der Waals surface area contributed by atoms with Crippen LogP contribution in [0.3, 0.4) is 0 Å². The van der Waals surface area contributed by atoms with E-state index >= 15 is 0 Å². The topological polar surface area (TPSA) is 75.6 Å². The number of ether oxygens (including phenoxy) is 1. The molecule has 0 bridgehead atoms. The Morgan fingerprint density at radius 1 is 0.447 bits per heavy atom. The SMILES string of the molecule is CCCCCCCCCCCCOC(CCCCCCCCCC)CCCCN1C(=O)C2=C(C)N(CCCCC(C)CCCCCCCCCC)C(=O)C2=C1c1ccc(-c2cnc(-c3ncc(-c4ccc(C)s4)s3)s2)s1. The van der Waals surface area contributed by atoms with E-state index in [2.05, 4.69) is 58.9 Å². The van der Waals surface area contributed by atoms with Crippen LogP contribution in [-0.2, 0) is 14.3 Å². The quantitative estimate of drug-likeness (QED) is 0.0413. The van der Waals surface area contributed by atoms with Gasteiger partial charge in [0, 0.05) is 52.4 Å². The molecule has 0 N–H and O–H groups in total. The van der Waals surface area contributed by atoms with Gasteiger partial charge in [-0.3, -0.25) is 9.59 Å². The van der Waals surface area contributed by atoms with Gasteiger partial charge in [-0.05, 0) is 82.6 Å². The van der Waals surface area contributed by atoms with Crippen molar-refractivity contribution >= 4 is 62.9 Å². The van der Waals surface area contributed by atoms with Crippen molar-refractivity contribution in [3.63, 3.8) is 0 Å². The van der Waals surface area contributed by atoms with Gasteiger partial charge in [-0.25, -0.2) is 9.97 Å². The molecule has 2 unspecified atom stereocenters. The minimum Gasteiger partial charge on any atom is -0.378 e. The Kier molecular flexibility index (Phi) is 29.2. The molecule has 2 atom stereocenters. The van der Waals surface area contributed by atoms with Crippen molar-refractivity contribution in [1.82, 2.24) is 19.8 Å². The number of hydrogen-bond donors (Lipinski definition) is 0. The van der Waals surface area contributed by atoms with E-state index in [1.165, 1.54) is 183 Å². The number of fused-ring (bicyclic) bond motifs is 1. The summed E-state index contributed by atoms with van der Waals surface area (Å²) in [6.45, 7) is 15.5. The van der Waals surface area contributed by atoms with Gasteiger partial charge in [-0.1, -0.05) is 207 Å². The maximum atomic E-state index is 14.8. The van der Waals surface area contributed by atoms with Crippen LogP contribution in [0.5, 0.6) is 0 Å². The summed E-state index contributed by atoms with van der Waals surface area (Å²) in [5.41, 5.74) is 2.85. The van der Waals surface area contributed by atoms with Gasteiger partial charge >= 0.3 is 0 Å². The molecule has 2 amide bonds. The van der Waals surface area contributed by atoms with Crippen molar-refractivity contribution in [1.29, 1.82) is 0 Å². The molecule has 11 heteroatoms. The number of hydrogen-bond acceptors (Lipinski definition) is 9. The molecule has 6 rings (SSSR count). The summed E-state index contributed by atoms with van der Waals surface area (Å²) in [4.78, 5) is 49.9. The summed E-state index contributed by atoms with van der Waals surface area (Å²) < 4.78 is 6.70. The third kappa shape index (κ3) is 20.0. The first-order valence-electron chi connectivity index (χ1n) is 31.0. The second-order valence-corrected chi connectivity index (χ2v) is 27.0. The Morgan fingerprint density at radius 2 is 0.868 bits per heavy atom. The van der Waals surface area contributed by atoms with E-state index in [0.29, 0.717) is 30.2 Å². The number of allylic oxidation sites excluding steroid dienone is 1. The highest BCUT2D eigenvalue weighted by atomic mass is 32.1. The minimum atomic E-state index is -0.0134. The molecule has 76 heavy (non-hydrogen) atoms. The Morgan fingerprint density at radius 3 is 1.39 bits per heavy atom. The number of aromatic nitrogens is 2. The zero-order chi connectivity index (χ0) is 53.7. The highest BCUT2D eigenvalue weighted by Gasteiger charge is 2.47. The van der Waals surface area contributed by atoms with Gasteiger partial charge in [0.25, 0.3) is 11.8 Å². The summed E-state index contributed by atoms with van der Waals surface area (Å²) >= 11 is 6.80. The van der Waals surface area contributed by atoms with Crippen molar-refractivity contribution in [3.05, 3.63) is 63.3 Å². The van der Waals surface area contributed by atoms with Gasteiger partial charge in [-0.2, -0.15) is 0 Å². The Bertz CT molecular complexity index is 2330. The normalized spacial score (nSPS) is 14.7. The van der Waals surface area contributed by atoms with Gasteiger partial charge in [0.05, 0.1) is 37.6 Å². The fourth-order valence-electron chi connectivity index (χ4n) is 11.3. The molecule has 422 valence electrons. The summed E-state index contributed by atoms with van der Waals surface area (Å²) in [7, 11) is 0. The maximum absolute atomic E-state index is 14.8. The summed E-state index contributed by atoms with van der Waals surface area (Å²) in [6.07, 6.45) is 47.5. The molecule has 0 saturated heterocycles. The molecule has 0 spiro atoms. The number of unbranched alkanes of at least 4 members (excludes halogenated alkanes) is 25. The molecule has 6 heterocycles. The van der Waals surface area contributed by atoms with E-state index in [0.717, 1.165) is 92.5 Å². The van der Waals surface area contributed by atoms with E-state index < -0.39 is 0 Å². The minimum absolute atomic E-state index is 0.00771. The number of thiazole rings is 2. The van der Waals surface area contributed by atoms with Gasteiger partial charge in [0.1, 0.15) is 0 Å². The largest absolute Gasteiger partial charge is 0.378 e. The third-order valence-corrected chi connectivity index (χ3v) is 20.6. The second kappa shape index (κ2) is 35.6. The lowest BCUT2D eigenvalue weighted by Gasteiger charge is -2.24. The highest BCUT2D eigenvalue weighted by Crippen LogP contribution is 2.47. The Hall–Kier alpha value is -2.96. The molecule has 0 aromatic carbocycles. The van der Waals surface area contributed by atoms with Crippen LogP contribution in [0.25, 0.3) is 35.2 Å². The Labute approximate surface area is 478 Å². The molecular weight excluding hydrogens is 1010 g/mol. The molecule has 7 nitrogen and oxygen atoms in total. The number of aryl methyl sites for hydroxylation is 1. The van der Waals surface area contributed by atoms with Crippen LogP contribution in [0.1, 0.15) is 263 Å². The number of rotatable bonds is 44. The van der Waals surface area contributed by atoms with Crippen molar-refractivity contribution in [2.24, 2.45) is 5.92 Å². The molecule has 0 aliphatic carbocycles. The average molecular weight is 1110 g/mol.